The van der Waals surface area contributed by atoms with Gasteiger partial charge in [-0.05, 0) is 0 Å². The number of nitrogens with one attached hydrogen (secondary N) is 1. The number of ether oxygens (including phenoxy) is 1. The molecule has 0 fully saturated rings. The van der Waals surface area contributed by atoms with Gasteiger partial charge in [-0.3, -0.25) is 0 Å². The van der Waals surface area contributed by atoms with E-state index in [1.165, 1.54) is 13.4 Å². The fourth-order valence-electron chi connectivity index (χ4n) is 0.839. The Bertz CT molecular complexity index is 343. The minimum Gasteiger partial charge on any atom is -0.490 e. The zero-order valence-corrected chi connectivity index (χ0v) is 9.06. The first-order valence-electron chi connectivity index (χ1n) is 3.76. The number of anilines is 1. The van der Waals surface area contributed by atoms with Crippen LogP contribution in [0.4, 0.5) is 5.82 Å². The highest BCUT2D eigenvalue weighted by atomic mass is 35.5. The normalized spacial score (nSPS) is 9.64. The maximum absolute atomic E-state index is 5.77. The third kappa shape index (κ3) is 2.75. The molecular weight excluding hydrogens is 225 g/mol. The molecule has 1 rings (SSSR count). The lowest BCUT2D eigenvalue weighted by atomic mass is 10.5. The molecule has 14 heavy (non-hydrogen) atoms. The van der Waals surface area contributed by atoms with Gasteiger partial charge in [0.05, 0.1) is 13.7 Å². The van der Waals surface area contributed by atoms with Crippen molar-refractivity contribution in [1.82, 2.24) is 9.97 Å². The first-order chi connectivity index (χ1) is 6.65. The van der Waals surface area contributed by atoms with Crippen LogP contribution in [0.1, 0.15) is 0 Å². The molecule has 0 saturated heterocycles. The molecule has 1 aromatic heterocycles. The van der Waals surface area contributed by atoms with Gasteiger partial charge in [0.15, 0.2) is 16.7 Å². The summed E-state index contributed by atoms with van der Waals surface area (Å²) in [6, 6.07) is 0. The molecule has 0 bridgehead atoms. The van der Waals surface area contributed by atoms with Crippen LogP contribution in [-0.2, 0) is 0 Å². The topological polar surface area (TPSA) is 47.0 Å². The monoisotopic (exact) mass is 233 g/mol. The number of halogens is 2. The van der Waals surface area contributed by atoms with Crippen LogP contribution in [0.2, 0.25) is 5.15 Å². The van der Waals surface area contributed by atoms with E-state index in [2.05, 4.69) is 21.9 Å². The molecule has 1 heterocycles. The summed E-state index contributed by atoms with van der Waals surface area (Å²) in [4.78, 5) is 7.72. The molecule has 1 aromatic rings. The Kier molecular flexibility index (Phi) is 3.98. The number of hydrogen-bond acceptors (Lipinski definition) is 4. The van der Waals surface area contributed by atoms with Crippen molar-refractivity contribution < 1.29 is 4.74 Å². The molecule has 0 atom stereocenters. The van der Waals surface area contributed by atoms with Gasteiger partial charge in [-0.1, -0.05) is 29.8 Å². The van der Waals surface area contributed by atoms with Crippen LogP contribution in [-0.4, -0.2) is 23.6 Å². The summed E-state index contributed by atoms with van der Waals surface area (Å²) in [6.07, 6.45) is 1.34. The molecule has 0 saturated carbocycles. The molecule has 1 N–H and O–H groups in total. The first kappa shape index (κ1) is 11.1. The SMILES string of the molecule is C=C(Cl)CNc1ncnc(Cl)c1OC. The Labute approximate surface area is 91.9 Å². The second-order valence-electron chi connectivity index (χ2n) is 2.42. The van der Waals surface area contributed by atoms with E-state index in [0.717, 1.165) is 0 Å². The number of aromatic nitrogens is 2. The van der Waals surface area contributed by atoms with Crippen LogP contribution >= 0.6 is 23.2 Å². The minimum absolute atomic E-state index is 0.255. The fraction of sp³-hybridized carbons (Fsp3) is 0.250. The molecule has 0 unspecified atom stereocenters. The number of rotatable bonds is 4. The van der Waals surface area contributed by atoms with Crippen molar-refractivity contribution >= 4 is 29.0 Å². The number of nitrogens with zero attached hydrogens (tertiary/aromatic N) is 2. The summed E-state index contributed by atoms with van der Waals surface area (Å²) in [5.41, 5.74) is 0. The van der Waals surface area contributed by atoms with E-state index < -0.39 is 0 Å². The van der Waals surface area contributed by atoms with Crippen LogP contribution in [0.3, 0.4) is 0 Å². The average Bonchev–Trinajstić information content (AvgIpc) is 2.14. The van der Waals surface area contributed by atoms with E-state index in [9.17, 15) is 0 Å². The minimum atomic E-state index is 0.255. The van der Waals surface area contributed by atoms with Gasteiger partial charge < -0.3 is 10.1 Å². The van der Waals surface area contributed by atoms with Crippen LogP contribution in [0.25, 0.3) is 0 Å². The van der Waals surface area contributed by atoms with E-state index in [0.29, 0.717) is 23.1 Å². The highest BCUT2D eigenvalue weighted by Gasteiger charge is 2.09. The Morgan fingerprint density at radius 1 is 1.64 bits per heavy atom. The quantitative estimate of drug-likeness (QED) is 0.812. The average molecular weight is 234 g/mol. The van der Waals surface area contributed by atoms with Gasteiger partial charge in [0.25, 0.3) is 0 Å². The highest BCUT2D eigenvalue weighted by Crippen LogP contribution is 2.28. The van der Waals surface area contributed by atoms with Crippen molar-refractivity contribution in [1.29, 1.82) is 0 Å². The maximum atomic E-state index is 5.77. The molecule has 0 amide bonds. The molecule has 0 aliphatic rings. The zero-order chi connectivity index (χ0) is 10.6. The lowest BCUT2D eigenvalue weighted by Gasteiger charge is -2.09. The summed E-state index contributed by atoms with van der Waals surface area (Å²) < 4.78 is 5.02. The van der Waals surface area contributed by atoms with Crippen LogP contribution in [0.15, 0.2) is 17.9 Å². The second kappa shape index (κ2) is 5.02. The Balaban J connectivity index is 2.85. The lowest BCUT2D eigenvalue weighted by Crippen LogP contribution is -2.05. The number of hydrogen-bond donors (Lipinski definition) is 1. The fourth-order valence-corrected chi connectivity index (χ4v) is 1.12. The Morgan fingerprint density at radius 3 is 2.93 bits per heavy atom. The van der Waals surface area contributed by atoms with Crippen LogP contribution in [0.5, 0.6) is 5.75 Å². The predicted molar refractivity (Wildman–Crippen MR) is 57.1 cm³/mol. The second-order valence-corrected chi connectivity index (χ2v) is 3.31. The Morgan fingerprint density at radius 2 is 2.36 bits per heavy atom. The first-order valence-corrected chi connectivity index (χ1v) is 4.52. The summed E-state index contributed by atoms with van der Waals surface area (Å²) in [5.74, 6) is 0.890. The smallest absolute Gasteiger partial charge is 0.198 e. The van der Waals surface area contributed by atoms with E-state index in [4.69, 9.17) is 27.9 Å². The third-order valence-corrected chi connectivity index (χ3v) is 1.81. The molecular formula is C8H9Cl2N3O. The summed E-state index contributed by atoms with van der Waals surface area (Å²) >= 11 is 11.4. The summed E-state index contributed by atoms with van der Waals surface area (Å²) in [7, 11) is 1.49. The van der Waals surface area contributed by atoms with Gasteiger partial charge in [-0.15, -0.1) is 0 Å². The van der Waals surface area contributed by atoms with Crippen molar-refractivity contribution in [2.24, 2.45) is 0 Å². The van der Waals surface area contributed by atoms with Crippen molar-refractivity contribution in [3.63, 3.8) is 0 Å². The Hall–Kier alpha value is -1.00. The van der Waals surface area contributed by atoms with E-state index in [-0.39, 0.29) is 5.15 Å². The zero-order valence-electron chi connectivity index (χ0n) is 7.55. The van der Waals surface area contributed by atoms with E-state index in [1.54, 1.807) is 0 Å². The molecule has 76 valence electrons. The highest BCUT2D eigenvalue weighted by molar-refractivity contribution is 6.31. The summed E-state index contributed by atoms with van der Waals surface area (Å²) in [6.45, 7) is 3.93. The van der Waals surface area contributed by atoms with Gasteiger partial charge >= 0.3 is 0 Å². The van der Waals surface area contributed by atoms with Gasteiger partial charge in [-0.2, -0.15) is 0 Å². The molecule has 0 aliphatic heterocycles. The molecule has 0 radical (unpaired) electrons. The number of methoxy groups -OCH3 is 1. The molecule has 4 nitrogen and oxygen atoms in total. The van der Waals surface area contributed by atoms with Gasteiger partial charge in [-0.25, -0.2) is 9.97 Å². The van der Waals surface area contributed by atoms with Crippen molar-refractivity contribution in [3.05, 3.63) is 23.1 Å². The van der Waals surface area contributed by atoms with E-state index in [1.807, 2.05) is 0 Å². The molecule has 0 aliphatic carbocycles. The predicted octanol–water partition coefficient (Wildman–Crippen LogP) is 2.30. The van der Waals surface area contributed by atoms with Crippen molar-refractivity contribution in [2.75, 3.05) is 19.0 Å². The van der Waals surface area contributed by atoms with Crippen molar-refractivity contribution in [3.8, 4) is 5.75 Å². The molecule has 6 heteroatoms. The van der Waals surface area contributed by atoms with Crippen LogP contribution < -0.4 is 10.1 Å². The van der Waals surface area contributed by atoms with Gasteiger partial charge in [0.2, 0.25) is 0 Å². The molecule has 0 aromatic carbocycles. The maximum Gasteiger partial charge on any atom is 0.198 e. The largest absolute Gasteiger partial charge is 0.490 e. The van der Waals surface area contributed by atoms with E-state index >= 15 is 0 Å². The van der Waals surface area contributed by atoms with Gasteiger partial charge in [0.1, 0.15) is 6.33 Å². The van der Waals surface area contributed by atoms with Crippen molar-refractivity contribution in [2.45, 2.75) is 0 Å². The third-order valence-electron chi connectivity index (χ3n) is 1.41. The standard InChI is InChI=1S/C8H9Cl2N3O/c1-5(9)3-11-8-6(14-2)7(10)12-4-13-8/h4H,1,3H2,2H3,(H,11,12,13). The lowest BCUT2D eigenvalue weighted by molar-refractivity contribution is 0.413. The summed E-state index contributed by atoms with van der Waals surface area (Å²) in [5, 5.41) is 3.64. The van der Waals surface area contributed by atoms with Gasteiger partial charge in [0, 0.05) is 5.03 Å². The van der Waals surface area contributed by atoms with Crippen LogP contribution in [0, 0.1) is 0 Å². The molecule has 0 spiro atoms.